The van der Waals surface area contributed by atoms with Gasteiger partial charge in [-0.25, -0.2) is 18.4 Å². The first kappa shape index (κ1) is 12.7. The van der Waals surface area contributed by atoms with Gasteiger partial charge in [-0.1, -0.05) is 0 Å². The summed E-state index contributed by atoms with van der Waals surface area (Å²) in [6.07, 6.45) is 7.66. The van der Waals surface area contributed by atoms with Crippen LogP contribution in [0.3, 0.4) is 0 Å². The van der Waals surface area contributed by atoms with E-state index in [2.05, 4.69) is 20.2 Å². The molecule has 0 atom stereocenters. The molecular formula is C11H14N4O2S. The van der Waals surface area contributed by atoms with Gasteiger partial charge in [-0.2, -0.15) is 5.10 Å². The van der Waals surface area contributed by atoms with Crippen LogP contribution in [0.25, 0.3) is 0 Å². The lowest BCUT2D eigenvalue weighted by molar-refractivity contribution is 0.584. The summed E-state index contributed by atoms with van der Waals surface area (Å²) in [7, 11) is -3.38. The molecule has 96 valence electrons. The summed E-state index contributed by atoms with van der Waals surface area (Å²) in [5.74, 6) is 0.0429. The maximum Gasteiger partial charge on any atom is 0.247 e. The van der Waals surface area contributed by atoms with Crippen molar-refractivity contribution in [3.63, 3.8) is 0 Å². The van der Waals surface area contributed by atoms with Crippen LogP contribution in [0.2, 0.25) is 0 Å². The highest BCUT2D eigenvalue weighted by Crippen LogP contribution is 2.08. The molecule has 0 aliphatic rings. The molecule has 0 saturated carbocycles. The molecule has 0 amide bonds. The van der Waals surface area contributed by atoms with Gasteiger partial charge in [0.25, 0.3) is 0 Å². The van der Waals surface area contributed by atoms with Crippen molar-refractivity contribution >= 4 is 9.84 Å². The van der Waals surface area contributed by atoms with Crippen molar-refractivity contribution < 1.29 is 8.42 Å². The molecule has 18 heavy (non-hydrogen) atoms. The third-order valence-electron chi connectivity index (χ3n) is 2.47. The van der Waals surface area contributed by atoms with Gasteiger partial charge in [0.1, 0.15) is 0 Å². The van der Waals surface area contributed by atoms with Crippen LogP contribution in [0, 0.1) is 6.92 Å². The summed E-state index contributed by atoms with van der Waals surface area (Å²) >= 11 is 0. The zero-order valence-corrected chi connectivity index (χ0v) is 10.8. The molecule has 0 saturated heterocycles. The van der Waals surface area contributed by atoms with Crippen LogP contribution < -0.4 is 0 Å². The number of aryl methyl sites for hydroxylation is 2. The lowest BCUT2D eigenvalue weighted by Crippen LogP contribution is -2.11. The van der Waals surface area contributed by atoms with E-state index in [1.165, 1.54) is 12.4 Å². The van der Waals surface area contributed by atoms with Crippen LogP contribution in [0.15, 0.2) is 29.9 Å². The minimum absolute atomic E-state index is 0.0429. The Morgan fingerprint density at radius 2 is 1.94 bits per heavy atom. The third kappa shape index (κ3) is 3.13. The SMILES string of the molecule is Cc1cnc(S(=O)(=O)CCCc2cn[nH]c2)nc1. The van der Waals surface area contributed by atoms with Gasteiger partial charge in [-0.15, -0.1) is 0 Å². The Labute approximate surface area is 105 Å². The van der Waals surface area contributed by atoms with E-state index in [0.29, 0.717) is 12.8 Å². The first-order valence-electron chi connectivity index (χ1n) is 5.57. The minimum Gasteiger partial charge on any atom is -0.285 e. The number of nitrogens with zero attached hydrogens (tertiary/aromatic N) is 3. The second-order valence-corrected chi connectivity index (χ2v) is 6.07. The molecule has 2 aromatic rings. The number of hydrogen-bond acceptors (Lipinski definition) is 5. The Morgan fingerprint density at radius 3 is 2.56 bits per heavy atom. The van der Waals surface area contributed by atoms with E-state index in [-0.39, 0.29) is 10.9 Å². The smallest absolute Gasteiger partial charge is 0.247 e. The molecule has 0 aromatic carbocycles. The standard InChI is InChI=1S/C11H14N4O2S/c1-9-5-12-11(13-6-9)18(16,17)4-2-3-10-7-14-15-8-10/h5-8H,2-4H2,1H3,(H,14,15). The molecule has 2 aromatic heterocycles. The van der Waals surface area contributed by atoms with Gasteiger partial charge in [0.2, 0.25) is 15.0 Å². The predicted molar refractivity (Wildman–Crippen MR) is 65.7 cm³/mol. The first-order chi connectivity index (χ1) is 8.58. The maximum atomic E-state index is 11.9. The molecular weight excluding hydrogens is 252 g/mol. The summed E-state index contributed by atoms with van der Waals surface area (Å²) in [5.41, 5.74) is 1.84. The average molecular weight is 266 g/mol. The number of hydrogen-bond donors (Lipinski definition) is 1. The van der Waals surface area contributed by atoms with E-state index >= 15 is 0 Å². The number of aromatic nitrogens is 4. The summed E-state index contributed by atoms with van der Waals surface area (Å²) in [5, 5.41) is 6.40. The van der Waals surface area contributed by atoms with Crippen molar-refractivity contribution in [1.82, 2.24) is 20.2 Å². The second-order valence-electron chi connectivity index (χ2n) is 4.07. The quantitative estimate of drug-likeness (QED) is 0.813. The molecule has 0 bridgehead atoms. The molecule has 0 fully saturated rings. The van der Waals surface area contributed by atoms with Crippen LogP contribution in [-0.2, 0) is 16.3 Å². The van der Waals surface area contributed by atoms with Gasteiger partial charge in [0.15, 0.2) is 0 Å². The van der Waals surface area contributed by atoms with Crippen LogP contribution in [-0.4, -0.2) is 34.3 Å². The van der Waals surface area contributed by atoms with E-state index in [9.17, 15) is 8.42 Å². The maximum absolute atomic E-state index is 11.9. The Hall–Kier alpha value is -1.76. The van der Waals surface area contributed by atoms with Gasteiger partial charge < -0.3 is 0 Å². The Morgan fingerprint density at radius 1 is 1.22 bits per heavy atom. The van der Waals surface area contributed by atoms with Crippen molar-refractivity contribution in [3.8, 4) is 0 Å². The van der Waals surface area contributed by atoms with Crippen molar-refractivity contribution in [3.05, 3.63) is 35.9 Å². The van der Waals surface area contributed by atoms with Crippen LogP contribution >= 0.6 is 0 Å². The number of nitrogens with one attached hydrogen (secondary N) is 1. The fraction of sp³-hybridized carbons (Fsp3) is 0.364. The number of H-pyrrole nitrogens is 1. The zero-order valence-electron chi connectivity index (χ0n) is 10.00. The van der Waals surface area contributed by atoms with Gasteiger partial charge in [-0.05, 0) is 30.9 Å². The Bertz CT molecular complexity index is 590. The summed E-state index contributed by atoms with van der Waals surface area (Å²) < 4.78 is 23.8. The van der Waals surface area contributed by atoms with Crippen molar-refractivity contribution in [2.45, 2.75) is 24.9 Å². The minimum atomic E-state index is -3.38. The summed E-state index contributed by atoms with van der Waals surface area (Å²) in [6.45, 7) is 1.81. The lowest BCUT2D eigenvalue weighted by atomic mass is 10.2. The average Bonchev–Trinajstić information content (AvgIpc) is 2.82. The van der Waals surface area contributed by atoms with Gasteiger partial charge in [-0.3, -0.25) is 5.10 Å². The van der Waals surface area contributed by atoms with Gasteiger partial charge in [0.05, 0.1) is 11.9 Å². The zero-order chi connectivity index (χ0) is 13.0. The largest absolute Gasteiger partial charge is 0.285 e. The van der Waals surface area contributed by atoms with Crippen molar-refractivity contribution in [2.75, 3.05) is 5.75 Å². The third-order valence-corrected chi connectivity index (χ3v) is 4.06. The van der Waals surface area contributed by atoms with Crippen LogP contribution in [0.4, 0.5) is 0 Å². The van der Waals surface area contributed by atoms with Crippen LogP contribution in [0.5, 0.6) is 0 Å². The van der Waals surface area contributed by atoms with Crippen LogP contribution in [0.1, 0.15) is 17.5 Å². The summed E-state index contributed by atoms with van der Waals surface area (Å²) in [4.78, 5) is 7.70. The van der Waals surface area contributed by atoms with E-state index in [4.69, 9.17) is 0 Å². The molecule has 0 unspecified atom stereocenters. The van der Waals surface area contributed by atoms with Gasteiger partial charge >= 0.3 is 0 Å². The molecule has 6 nitrogen and oxygen atoms in total. The van der Waals surface area contributed by atoms with Crippen molar-refractivity contribution in [1.29, 1.82) is 0 Å². The molecule has 0 aliphatic carbocycles. The predicted octanol–water partition coefficient (Wildman–Crippen LogP) is 0.915. The lowest BCUT2D eigenvalue weighted by Gasteiger charge is -2.02. The second kappa shape index (κ2) is 5.26. The van der Waals surface area contributed by atoms with E-state index in [0.717, 1.165) is 11.1 Å². The van der Waals surface area contributed by atoms with Gasteiger partial charge in [0, 0.05) is 18.6 Å². The number of rotatable bonds is 5. The Balaban J connectivity index is 1.97. The normalized spacial score (nSPS) is 11.6. The molecule has 0 spiro atoms. The molecule has 0 aliphatic heterocycles. The monoisotopic (exact) mass is 266 g/mol. The number of sulfone groups is 1. The molecule has 2 heterocycles. The Kier molecular flexibility index (Phi) is 3.71. The highest BCUT2D eigenvalue weighted by Gasteiger charge is 2.17. The first-order valence-corrected chi connectivity index (χ1v) is 7.22. The molecule has 0 radical (unpaired) electrons. The van der Waals surface area contributed by atoms with E-state index < -0.39 is 9.84 Å². The topological polar surface area (TPSA) is 88.6 Å². The van der Waals surface area contributed by atoms with E-state index in [1.807, 2.05) is 6.92 Å². The highest BCUT2D eigenvalue weighted by atomic mass is 32.2. The summed E-state index contributed by atoms with van der Waals surface area (Å²) in [6, 6.07) is 0. The highest BCUT2D eigenvalue weighted by molar-refractivity contribution is 7.91. The number of aromatic amines is 1. The molecule has 7 heteroatoms. The fourth-order valence-corrected chi connectivity index (χ4v) is 2.65. The van der Waals surface area contributed by atoms with Crippen molar-refractivity contribution in [2.24, 2.45) is 0 Å². The molecule has 1 N–H and O–H groups in total. The van der Waals surface area contributed by atoms with E-state index in [1.54, 1.807) is 12.4 Å². The molecule has 2 rings (SSSR count). The fourth-order valence-electron chi connectivity index (χ4n) is 1.51.